The van der Waals surface area contributed by atoms with E-state index in [4.69, 9.17) is 34.6 Å². The van der Waals surface area contributed by atoms with Gasteiger partial charge in [-0.15, -0.1) is 0 Å². The summed E-state index contributed by atoms with van der Waals surface area (Å²) in [6.45, 7) is 11.6. The van der Waals surface area contributed by atoms with Crippen molar-refractivity contribution in [2.24, 2.45) is 57.7 Å². The second kappa shape index (κ2) is 34.5. The zero-order valence-corrected chi connectivity index (χ0v) is 70.7. The SMILES string of the molecule is CC(C)C(=O)C[C@@H](C)C(=O)Nc1cccc(Cc2ccc(C3O[C@@H]4C[C@H]5[C@@H]6C[C@H](F)C7=CC(=O)C=CC7[C@@]6(F)[C@@H](O)C[C@]5(C)[C@]4(C(=O)CO)O3)cc2)c1.CC(NO)C(=O)C(=O)C(C)NC(=O)OCC1c2ccccc2-c2ccccc21.C[C@]12C=CC(=O)C=C1[C@@H](F)C[C@H]1[C@@H]3C[C@H]4O[C@@H](c5ccc(Cc6cccc(N)c6)cc5)O[C@@]4(C(=O)CO)[C@@]3(C)C[C@H](O)[C@@]12F. The summed E-state index contributed by atoms with van der Waals surface area (Å²) in [6.07, 6.45) is -2.38. The Morgan fingerprint density at radius 1 is 0.592 bits per heavy atom. The fraction of sp³-hybridized carbons (Fsp3) is 0.459. The number of allylic oxidation sites excluding steroid dienone is 8. The summed E-state index contributed by atoms with van der Waals surface area (Å²) in [4.78, 5) is 112. The van der Waals surface area contributed by atoms with Crippen molar-refractivity contribution in [1.82, 2.24) is 10.8 Å². The van der Waals surface area contributed by atoms with E-state index < -0.39 is 190 Å². The lowest BCUT2D eigenvalue weighted by molar-refractivity contribution is -0.235. The highest BCUT2D eigenvalue weighted by molar-refractivity contribution is 6.41. The highest BCUT2D eigenvalue weighted by Crippen LogP contribution is 2.74. The number of benzene rings is 6. The molecule has 27 heteroatoms. The molecule has 2 amide bonds. The Hall–Kier alpha value is -10.2. The van der Waals surface area contributed by atoms with Crippen molar-refractivity contribution in [2.75, 3.05) is 30.9 Å². The maximum atomic E-state index is 17.5. The van der Waals surface area contributed by atoms with E-state index in [1.807, 2.05) is 153 Å². The number of amides is 2. The first-order chi connectivity index (χ1) is 59.4. The number of hydrogen-bond acceptors (Lipinski definition) is 21. The number of alkyl carbamates (subject to hydrolysis) is 1. The molecular weight excluding hydrogens is 1610 g/mol. The fourth-order valence-corrected chi connectivity index (χ4v) is 22.8. The van der Waals surface area contributed by atoms with Gasteiger partial charge in [-0.05, 0) is 188 Å². The normalized spacial score (nSPS) is 33.5. The number of anilines is 2. The quantitative estimate of drug-likeness (QED) is 0.0132. The van der Waals surface area contributed by atoms with Gasteiger partial charge in [0.1, 0.15) is 43.6 Å². The van der Waals surface area contributed by atoms with E-state index in [9.17, 15) is 63.6 Å². The van der Waals surface area contributed by atoms with Crippen molar-refractivity contribution in [3.63, 3.8) is 0 Å². The molecule has 0 spiro atoms. The molecule has 125 heavy (non-hydrogen) atoms. The van der Waals surface area contributed by atoms with Crippen LogP contribution in [0.1, 0.15) is 163 Å². The number of nitrogens with one attached hydrogen (secondary N) is 3. The number of aliphatic hydroxyl groups excluding tert-OH is 4. The topological polar surface area (TPSA) is 363 Å². The maximum absolute atomic E-state index is 17.5. The largest absolute Gasteiger partial charge is 0.449 e. The molecule has 2 saturated heterocycles. The molecular formula is C98H106F4N4O19. The van der Waals surface area contributed by atoms with Gasteiger partial charge >= 0.3 is 6.09 Å². The average Bonchev–Trinajstić information content (AvgIpc) is 1.53. The minimum Gasteiger partial charge on any atom is -0.449 e. The van der Waals surface area contributed by atoms with Crippen LogP contribution < -0.4 is 21.8 Å². The summed E-state index contributed by atoms with van der Waals surface area (Å²) in [7, 11) is 0. The lowest BCUT2D eigenvalue weighted by atomic mass is 9.44. The smallest absolute Gasteiger partial charge is 0.407 e. The summed E-state index contributed by atoms with van der Waals surface area (Å²) in [5.41, 5.74) is 6.95. The molecule has 0 bridgehead atoms. The molecule has 11 aliphatic rings. The first-order valence-electron chi connectivity index (χ1n) is 42.8. The highest BCUT2D eigenvalue weighted by Gasteiger charge is 2.81. The van der Waals surface area contributed by atoms with Crippen molar-refractivity contribution < 1.29 is 110 Å². The van der Waals surface area contributed by atoms with E-state index in [0.717, 1.165) is 56.7 Å². The summed E-state index contributed by atoms with van der Waals surface area (Å²) >= 11 is 0. The number of hydrogen-bond donors (Lipinski definition) is 9. The molecule has 6 aromatic rings. The predicted molar refractivity (Wildman–Crippen MR) is 451 cm³/mol. The molecule has 2 aliphatic heterocycles. The number of ketones is 7. The monoisotopic (exact) mass is 1720 g/mol. The van der Waals surface area contributed by atoms with Crippen molar-refractivity contribution in [3.8, 4) is 11.1 Å². The van der Waals surface area contributed by atoms with Crippen LogP contribution in [0, 0.1) is 57.7 Å². The van der Waals surface area contributed by atoms with Gasteiger partial charge in [0.15, 0.2) is 52.6 Å². The fourth-order valence-electron chi connectivity index (χ4n) is 22.8. The standard InChI is InChI=1S/C42H47F2NO8.C35H37F2NO6.C21H22N2O5/c1-22(2)34(48)14-23(3)38(51)45-27-7-5-6-25(16-27)15-24-8-10-26(11-9-24)39-52-37-19-31-32-18-33(43)29-17-28(47)12-13-30(29)41(32,44)35(49)20-40(31,4)42(37,53-39)36(50)21-46;1-32-11-10-23(40)14-26(32)27(36)15-25-24-16-30-35(29(42)18-39,33(24,2)17-28(41)34(25,32)37)44-31(43-30)21-8-6-19(7-9-21)12-20-4-3-5-22(38)13-20;1-12(19(24)20(25)13(2)23-27)22-21(26)28-11-18-16-9-5-3-7-14(16)15-8-4-6-10-17(15)18/h5-13,16-17,22-23,30-33,35,37,39,46,49H,14-15,18-21H2,1-4H3,(H,45,51);3-11,13-14,24-25,27-28,30-31,39,41H,12,15-18,38H2,1-2H3;3-10,12-13,18,23,27H,11H2,1-2H3,(H,22,26)/t23-,30?,31+,32+,33+,35+,37-,39?,40+,41+,42-;24-,25-,27-,28-,30+,31+,32-,33-,34-,35+;/m10./s1. The Morgan fingerprint density at radius 3 is 1.66 bits per heavy atom. The van der Waals surface area contributed by atoms with Crippen molar-refractivity contribution >= 4 is 63.9 Å². The van der Waals surface area contributed by atoms with Crippen molar-refractivity contribution in [2.45, 2.75) is 203 Å². The minimum atomic E-state index is -2.29. The number of carbonyl (C=O) groups is 9. The number of ether oxygens (including phenoxy) is 5. The van der Waals surface area contributed by atoms with Gasteiger partial charge in [-0.25, -0.2) is 22.4 Å². The lowest BCUT2D eigenvalue weighted by Crippen LogP contribution is -2.70. The molecule has 17 rings (SSSR count). The van der Waals surface area contributed by atoms with Crippen LogP contribution in [-0.4, -0.2) is 169 Å². The van der Waals surface area contributed by atoms with Crippen LogP contribution in [0.25, 0.3) is 11.1 Å². The van der Waals surface area contributed by atoms with Crippen LogP contribution in [0.3, 0.4) is 0 Å². The Balaban J connectivity index is 0.000000152. The third-order valence-corrected chi connectivity index (χ3v) is 29.2. The summed E-state index contributed by atoms with van der Waals surface area (Å²) in [5.74, 6) is -8.86. The number of rotatable bonds is 22. The molecule has 2 heterocycles. The average molecular weight is 1720 g/mol. The zero-order valence-electron chi connectivity index (χ0n) is 70.7. The van der Waals surface area contributed by atoms with Crippen LogP contribution in [0.2, 0.25) is 0 Å². The Kier molecular flexibility index (Phi) is 24.8. The molecule has 4 unspecified atom stereocenters. The van der Waals surface area contributed by atoms with Gasteiger partial charge in [0.2, 0.25) is 17.5 Å². The molecule has 0 aromatic heterocycles. The van der Waals surface area contributed by atoms with E-state index in [1.54, 1.807) is 32.3 Å². The van der Waals surface area contributed by atoms with Gasteiger partial charge in [-0.3, -0.25) is 38.4 Å². The zero-order chi connectivity index (χ0) is 89.5. The first-order valence-corrected chi connectivity index (χ1v) is 42.8. The van der Waals surface area contributed by atoms with Crippen LogP contribution in [0.5, 0.6) is 0 Å². The van der Waals surface area contributed by atoms with Gasteiger partial charge in [0, 0.05) is 80.7 Å². The second-order valence-corrected chi connectivity index (χ2v) is 36.6. The number of nitrogens with two attached hydrogens (primary N) is 1. The van der Waals surface area contributed by atoms with Crippen LogP contribution in [0.4, 0.5) is 33.7 Å². The van der Waals surface area contributed by atoms with Gasteiger partial charge < -0.3 is 65.7 Å². The molecule has 6 saturated carbocycles. The maximum Gasteiger partial charge on any atom is 0.407 e. The minimum absolute atomic E-state index is 0.0367. The Bertz CT molecular complexity index is 5340. The number of hydroxylamine groups is 1. The van der Waals surface area contributed by atoms with Crippen LogP contribution in [-0.2, 0) is 74.9 Å². The third kappa shape index (κ3) is 15.3. The molecule has 9 aliphatic carbocycles. The molecule has 10 N–H and O–H groups in total. The summed E-state index contributed by atoms with van der Waals surface area (Å²) in [5, 5.41) is 57.7. The highest BCUT2D eigenvalue weighted by atomic mass is 19.2. The number of halogens is 4. The van der Waals surface area contributed by atoms with Crippen molar-refractivity contribution in [3.05, 3.63) is 238 Å². The molecule has 8 fully saturated rings. The number of carbonyl (C=O) groups excluding carboxylic acids is 9. The Morgan fingerprint density at radius 2 is 1.11 bits per heavy atom. The van der Waals surface area contributed by atoms with E-state index in [1.165, 1.54) is 45.1 Å². The number of aliphatic hydroxyl groups is 4. The number of fused-ring (bicyclic) bond motifs is 17. The lowest BCUT2D eigenvalue weighted by Gasteiger charge is -2.63. The van der Waals surface area contributed by atoms with Crippen LogP contribution in [0.15, 0.2) is 193 Å². The number of Topliss-reactive ketones (excluding diaryl/α,β-unsaturated/α-hetero) is 5. The van der Waals surface area contributed by atoms with Crippen LogP contribution >= 0.6 is 0 Å². The second-order valence-electron chi connectivity index (χ2n) is 36.6. The van der Waals surface area contributed by atoms with E-state index >= 15 is 17.6 Å². The van der Waals surface area contributed by atoms with E-state index in [2.05, 4.69) is 10.6 Å². The Labute approximate surface area is 721 Å². The molecule has 660 valence electrons. The van der Waals surface area contributed by atoms with E-state index in [-0.39, 0.29) is 86.2 Å². The molecule has 0 radical (unpaired) electrons. The third-order valence-electron chi connectivity index (χ3n) is 29.2. The number of alkyl halides is 4. The van der Waals surface area contributed by atoms with Crippen molar-refractivity contribution in [1.29, 1.82) is 0 Å². The summed E-state index contributed by atoms with van der Waals surface area (Å²) < 4.78 is 97.6. The van der Waals surface area contributed by atoms with E-state index in [0.29, 0.717) is 35.3 Å². The molecule has 6 aromatic carbocycles. The van der Waals surface area contributed by atoms with Gasteiger partial charge in [0.25, 0.3) is 0 Å². The first kappa shape index (κ1) is 89.6. The number of nitrogen functional groups attached to an aromatic ring is 1. The van der Waals surface area contributed by atoms with Gasteiger partial charge in [-0.2, -0.15) is 5.48 Å². The van der Waals surface area contributed by atoms with Gasteiger partial charge in [0.05, 0.1) is 36.5 Å². The molecule has 23 nitrogen and oxygen atoms in total. The van der Waals surface area contributed by atoms with Gasteiger partial charge in [-0.1, -0.05) is 168 Å². The summed E-state index contributed by atoms with van der Waals surface area (Å²) in [6, 6.07) is 44.1. The predicted octanol–water partition coefficient (Wildman–Crippen LogP) is 12.6. The molecule has 23 atom stereocenters.